The topological polar surface area (TPSA) is 64.6 Å². The lowest BCUT2D eigenvalue weighted by Gasteiger charge is -2.07. The summed E-state index contributed by atoms with van der Waals surface area (Å²) < 4.78 is 22.7. The number of esters is 1. The van der Waals surface area contributed by atoms with Crippen molar-refractivity contribution in [2.75, 3.05) is 20.3 Å². The highest BCUT2D eigenvalue weighted by Crippen LogP contribution is 2.11. The monoisotopic (exact) mass is 331 g/mol. The third kappa shape index (κ3) is 5.39. The summed E-state index contributed by atoms with van der Waals surface area (Å²) in [6, 6.07) is 12.5. The number of methoxy groups -OCH3 is 1. The number of hydrogen-bond acceptors (Lipinski definition) is 4. The van der Waals surface area contributed by atoms with Crippen molar-refractivity contribution in [3.05, 3.63) is 65.5 Å². The van der Waals surface area contributed by atoms with E-state index in [1.807, 2.05) is 24.3 Å². The summed E-state index contributed by atoms with van der Waals surface area (Å²) in [4.78, 5) is 23.3. The van der Waals surface area contributed by atoms with Crippen LogP contribution >= 0.6 is 0 Å². The lowest BCUT2D eigenvalue weighted by atomic mass is 10.1. The normalized spacial score (nSPS) is 10.1. The van der Waals surface area contributed by atoms with Crippen molar-refractivity contribution in [2.24, 2.45) is 0 Å². The van der Waals surface area contributed by atoms with E-state index in [2.05, 4.69) is 5.32 Å². The van der Waals surface area contributed by atoms with Crippen LogP contribution in [0.3, 0.4) is 0 Å². The Bertz CT molecular complexity index is 683. The number of carbonyl (C=O) groups is 2. The number of carbonyl (C=O) groups excluding carboxylic acids is 2. The van der Waals surface area contributed by atoms with Crippen molar-refractivity contribution in [3.63, 3.8) is 0 Å². The number of ether oxygens (including phenoxy) is 2. The molecule has 24 heavy (non-hydrogen) atoms. The van der Waals surface area contributed by atoms with Crippen LogP contribution in [0.4, 0.5) is 4.39 Å². The number of amides is 1. The summed E-state index contributed by atoms with van der Waals surface area (Å²) in [7, 11) is 1.60. The largest absolute Gasteiger partial charge is 0.497 e. The maximum Gasteiger partial charge on any atom is 0.338 e. The molecule has 1 N–H and O–H groups in total. The van der Waals surface area contributed by atoms with E-state index in [0.717, 1.165) is 23.4 Å². The molecule has 2 aromatic carbocycles. The van der Waals surface area contributed by atoms with Crippen LogP contribution in [0, 0.1) is 5.82 Å². The third-order valence-electron chi connectivity index (χ3n) is 3.31. The molecule has 0 saturated carbocycles. The van der Waals surface area contributed by atoms with Crippen LogP contribution in [0.2, 0.25) is 0 Å². The summed E-state index contributed by atoms with van der Waals surface area (Å²) >= 11 is 0. The fraction of sp³-hybridized carbons (Fsp3) is 0.222. The van der Waals surface area contributed by atoms with Crippen LogP contribution in [-0.4, -0.2) is 32.1 Å². The van der Waals surface area contributed by atoms with Crippen molar-refractivity contribution < 1.29 is 23.5 Å². The van der Waals surface area contributed by atoms with Gasteiger partial charge in [-0.05, 0) is 48.4 Å². The maximum atomic E-state index is 12.8. The first-order chi connectivity index (χ1) is 11.6. The fourth-order valence-electron chi connectivity index (χ4n) is 1.99. The SMILES string of the molecule is COc1ccc(CCNC(=O)COC(=O)c2ccc(F)cc2)cc1. The first-order valence-corrected chi connectivity index (χ1v) is 7.41. The zero-order valence-corrected chi connectivity index (χ0v) is 13.3. The quantitative estimate of drug-likeness (QED) is 0.791. The molecule has 2 aromatic rings. The van der Waals surface area contributed by atoms with E-state index in [1.54, 1.807) is 7.11 Å². The molecule has 0 aliphatic rings. The molecule has 5 nitrogen and oxygen atoms in total. The second-order valence-electron chi connectivity index (χ2n) is 5.03. The molecule has 0 aliphatic heterocycles. The molecular weight excluding hydrogens is 313 g/mol. The Hall–Kier alpha value is -2.89. The summed E-state index contributed by atoms with van der Waals surface area (Å²) in [5.74, 6) is -0.724. The van der Waals surface area contributed by atoms with E-state index in [0.29, 0.717) is 13.0 Å². The zero-order chi connectivity index (χ0) is 17.4. The van der Waals surface area contributed by atoms with Gasteiger partial charge in [-0.3, -0.25) is 4.79 Å². The van der Waals surface area contributed by atoms with Crippen LogP contribution in [0.15, 0.2) is 48.5 Å². The minimum absolute atomic E-state index is 0.197. The molecule has 0 heterocycles. The number of nitrogens with one attached hydrogen (secondary N) is 1. The van der Waals surface area contributed by atoms with E-state index in [4.69, 9.17) is 9.47 Å². The predicted octanol–water partition coefficient (Wildman–Crippen LogP) is 2.35. The van der Waals surface area contributed by atoms with Gasteiger partial charge in [0, 0.05) is 6.54 Å². The van der Waals surface area contributed by atoms with Gasteiger partial charge in [0.15, 0.2) is 6.61 Å². The van der Waals surface area contributed by atoms with Gasteiger partial charge in [-0.2, -0.15) is 0 Å². The van der Waals surface area contributed by atoms with E-state index < -0.39 is 11.8 Å². The molecule has 1 amide bonds. The number of benzene rings is 2. The number of halogens is 1. The van der Waals surface area contributed by atoms with E-state index in [9.17, 15) is 14.0 Å². The first kappa shape index (κ1) is 17.5. The van der Waals surface area contributed by atoms with E-state index >= 15 is 0 Å². The molecule has 2 rings (SSSR count). The van der Waals surface area contributed by atoms with Crippen LogP contribution < -0.4 is 10.1 Å². The summed E-state index contributed by atoms with van der Waals surface area (Å²) in [6.07, 6.45) is 0.654. The van der Waals surface area contributed by atoms with Gasteiger partial charge in [-0.15, -0.1) is 0 Å². The lowest BCUT2D eigenvalue weighted by Crippen LogP contribution is -2.30. The Balaban J connectivity index is 1.69. The minimum atomic E-state index is -0.666. The molecule has 0 bridgehead atoms. The predicted molar refractivity (Wildman–Crippen MR) is 86.4 cm³/mol. The van der Waals surface area contributed by atoms with Crippen molar-refractivity contribution in [1.29, 1.82) is 0 Å². The molecule has 6 heteroatoms. The van der Waals surface area contributed by atoms with E-state index in [1.165, 1.54) is 12.1 Å². The molecule has 0 radical (unpaired) electrons. The highest BCUT2D eigenvalue weighted by Gasteiger charge is 2.10. The van der Waals surface area contributed by atoms with Crippen LogP contribution in [0.25, 0.3) is 0 Å². The van der Waals surface area contributed by atoms with Crippen molar-refractivity contribution in [1.82, 2.24) is 5.32 Å². The molecule has 0 spiro atoms. The summed E-state index contributed by atoms with van der Waals surface area (Å²) in [5, 5.41) is 2.67. The molecule has 0 atom stereocenters. The first-order valence-electron chi connectivity index (χ1n) is 7.41. The Morgan fingerprint density at radius 2 is 1.71 bits per heavy atom. The molecule has 0 aliphatic carbocycles. The Kier molecular flexibility index (Phi) is 6.31. The molecule has 126 valence electrons. The van der Waals surface area contributed by atoms with Crippen molar-refractivity contribution in [2.45, 2.75) is 6.42 Å². The molecule has 0 unspecified atom stereocenters. The average molecular weight is 331 g/mol. The smallest absolute Gasteiger partial charge is 0.338 e. The molecule has 0 aromatic heterocycles. The van der Waals surface area contributed by atoms with Gasteiger partial charge in [0.1, 0.15) is 11.6 Å². The fourth-order valence-corrected chi connectivity index (χ4v) is 1.99. The van der Waals surface area contributed by atoms with Crippen LogP contribution in [-0.2, 0) is 16.0 Å². The second-order valence-corrected chi connectivity index (χ2v) is 5.03. The average Bonchev–Trinajstić information content (AvgIpc) is 2.61. The molecular formula is C18H18FNO4. The molecule has 0 saturated heterocycles. The van der Waals surface area contributed by atoms with Crippen molar-refractivity contribution in [3.8, 4) is 5.75 Å². The lowest BCUT2D eigenvalue weighted by molar-refractivity contribution is -0.124. The third-order valence-corrected chi connectivity index (χ3v) is 3.31. The van der Waals surface area contributed by atoms with Gasteiger partial charge in [-0.1, -0.05) is 12.1 Å². The highest BCUT2D eigenvalue weighted by atomic mass is 19.1. The summed E-state index contributed by atoms with van der Waals surface area (Å²) in [6.45, 7) is 0.0537. The van der Waals surface area contributed by atoms with Crippen molar-refractivity contribution >= 4 is 11.9 Å². The standard InChI is InChI=1S/C18H18FNO4/c1-23-16-8-2-13(3-9-16)10-11-20-17(21)12-24-18(22)14-4-6-15(19)7-5-14/h2-9H,10-12H2,1H3,(H,20,21). The van der Waals surface area contributed by atoms with Gasteiger partial charge in [0.2, 0.25) is 0 Å². The maximum absolute atomic E-state index is 12.8. The number of rotatable bonds is 7. The van der Waals surface area contributed by atoms with E-state index in [-0.39, 0.29) is 18.1 Å². The Labute approximate surface area is 139 Å². The molecule has 0 fully saturated rings. The Morgan fingerprint density at radius 3 is 2.33 bits per heavy atom. The van der Waals surface area contributed by atoms with Gasteiger partial charge < -0.3 is 14.8 Å². The van der Waals surface area contributed by atoms with Gasteiger partial charge in [-0.25, -0.2) is 9.18 Å². The van der Waals surface area contributed by atoms with Gasteiger partial charge in [0.25, 0.3) is 5.91 Å². The van der Waals surface area contributed by atoms with Gasteiger partial charge >= 0.3 is 5.97 Å². The summed E-state index contributed by atoms with van der Waals surface area (Å²) in [5.41, 5.74) is 1.25. The minimum Gasteiger partial charge on any atom is -0.497 e. The van der Waals surface area contributed by atoms with Gasteiger partial charge in [0.05, 0.1) is 12.7 Å². The second kappa shape index (κ2) is 8.67. The Morgan fingerprint density at radius 1 is 1.04 bits per heavy atom. The van der Waals surface area contributed by atoms with Crippen LogP contribution in [0.5, 0.6) is 5.75 Å². The number of hydrogen-bond donors (Lipinski definition) is 1. The van der Waals surface area contributed by atoms with Crippen LogP contribution in [0.1, 0.15) is 15.9 Å². The highest BCUT2D eigenvalue weighted by molar-refractivity contribution is 5.91. The zero-order valence-electron chi connectivity index (χ0n) is 13.3.